The standard InChI is InChI=1S/C27H14N2OS2/c28-13-17(14-29)24-22-11-9-20(15-1-5-18(31)6-2-15)25-21(16-3-7-19(32)8-4-16)10-12-23(26(22)25)27(24)30/h1-12,31-32H. The van der Waals surface area contributed by atoms with Crippen LogP contribution < -0.4 is 10.6 Å². The summed E-state index contributed by atoms with van der Waals surface area (Å²) in [4.78, 5) is 15.0. The quantitative estimate of drug-likeness (QED) is 0.346. The molecule has 5 heteroatoms. The van der Waals surface area contributed by atoms with E-state index in [1.165, 1.54) is 0 Å². The van der Waals surface area contributed by atoms with E-state index in [1.807, 2.05) is 78.9 Å². The Morgan fingerprint density at radius 3 is 1.56 bits per heavy atom. The summed E-state index contributed by atoms with van der Waals surface area (Å²) in [5.41, 5.74) is 3.46. The molecule has 0 spiro atoms. The van der Waals surface area contributed by atoms with Crippen molar-refractivity contribution < 1.29 is 0 Å². The Balaban J connectivity index is 2.02. The largest absolute Gasteiger partial charge is 0.288 e. The zero-order chi connectivity index (χ0) is 22.4. The van der Waals surface area contributed by atoms with Crippen molar-refractivity contribution in [1.82, 2.24) is 0 Å². The van der Waals surface area contributed by atoms with E-state index in [0.29, 0.717) is 10.8 Å². The van der Waals surface area contributed by atoms with Gasteiger partial charge in [-0.3, -0.25) is 4.79 Å². The molecule has 0 saturated heterocycles. The molecule has 32 heavy (non-hydrogen) atoms. The van der Waals surface area contributed by atoms with Crippen molar-refractivity contribution in [2.75, 3.05) is 0 Å². The van der Waals surface area contributed by atoms with Gasteiger partial charge in [-0.05, 0) is 63.4 Å². The van der Waals surface area contributed by atoms with Crippen LogP contribution in [0.25, 0.3) is 49.4 Å². The normalized spacial score (nSPS) is 10.9. The molecule has 0 heterocycles. The van der Waals surface area contributed by atoms with Gasteiger partial charge in [0, 0.05) is 20.6 Å². The van der Waals surface area contributed by atoms with Crippen molar-refractivity contribution in [2.24, 2.45) is 0 Å². The maximum Gasteiger partial charge on any atom is 0.196 e. The molecule has 5 aromatic carbocycles. The third kappa shape index (κ3) is 3.03. The van der Waals surface area contributed by atoms with Gasteiger partial charge in [-0.1, -0.05) is 42.5 Å². The van der Waals surface area contributed by atoms with Crippen LogP contribution in [0.4, 0.5) is 0 Å². The minimum Gasteiger partial charge on any atom is -0.288 e. The molecule has 0 saturated carbocycles. The molecule has 150 valence electrons. The Bertz CT molecular complexity index is 1640. The summed E-state index contributed by atoms with van der Waals surface area (Å²) in [6.07, 6.45) is 0. The fraction of sp³-hybridized carbons (Fsp3) is 0. The fourth-order valence-corrected chi connectivity index (χ4v) is 4.60. The molecule has 0 N–H and O–H groups in total. The molecule has 5 aromatic rings. The molecule has 0 amide bonds. The lowest BCUT2D eigenvalue weighted by atomic mass is 9.90. The molecule has 3 nitrogen and oxygen atoms in total. The Hall–Kier alpha value is -3.77. The SMILES string of the molecule is N#CC(C#N)=c1c(=O)c2ccc(-c3ccc(S)cc3)c3c(-c4ccc(S)cc4)ccc1c32. The van der Waals surface area contributed by atoms with Crippen LogP contribution in [-0.4, -0.2) is 0 Å². The first-order chi connectivity index (χ1) is 15.5. The highest BCUT2D eigenvalue weighted by atomic mass is 32.1. The highest BCUT2D eigenvalue weighted by Gasteiger charge is 2.20. The molecule has 0 aliphatic rings. The van der Waals surface area contributed by atoms with Crippen LogP contribution in [0.2, 0.25) is 0 Å². The van der Waals surface area contributed by atoms with Gasteiger partial charge in [0.1, 0.15) is 17.7 Å². The maximum atomic E-state index is 13.2. The summed E-state index contributed by atoms with van der Waals surface area (Å²) >= 11 is 8.79. The van der Waals surface area contributed by atoms with E-state index in [-0.39, 0.29) is 16.2 Å². The van der Waals surface area contributed by atoms with Crippen molar-refractivity contribution >= 4 is 52.4 Å². The smallest absolute Gasteiger partial charge is 0.196 e. The molecule has 0 unspecified atom stereocenters. The van der Waals surface area contributed by atoms with Crippen molar-refractivity contribution in [1.29, 1.82) is 10.5 Å². The van der Waals surface area contributed by atoms with Gasteiger partial charge >= 0.3 is 0 Å². The molecular weight excluding hydrogens is 432 g/mol. The van der Waals surface area contributed by atoms with E-state index in [0.717, 1.165) is 42.8 Å². The minimum atomic E-state index is -0.289. The highest BCUT2D eigenvalue weighted by molar-refractivity contribution is 7.80. The van der Waals surface area contributed by atoms with Gasteiger partial charge in [0.25, 0.3) is 0 Å². The zero-order valence-corrected chi connectivity index (χ0v) is 18.4. The number of hydrogen-bond donors (Lipinski definition) is 2. The summed E-state index contributed by atoms with van der Waals surface area (Å²) < 4.78 is 0. The van der Waals surface area contributed by atoms with Crippen molar-refractivity contribution in [3.63, 3.8) is 0 Å². The van der Waals surface area contributed by atoms with E-state index < -0.39 is 0 Å². The van der Waals surface area contributed by atoms with E-state index in [1.54, 1.807) is 6.07 Å². The molecule has 0 bridgehead atoms. The first kappa shape index (κ1) is 20.2. The number of rotatable bonds is 2. The van der Waals surface area contributed by atoms with Gasteiger partial charge in [0.05, 0.1) is 5.22 Å². The zero-order valence-electron chi connectivity index (χ0n) is 16.6. The summed E-state index contributed by atoms with van der Waals surface area (Å²) in [6, 6.07) is 27.0. The van der Waals surface area contributed by atoms with Gasteiger partial charge in [-0.15, -0.1) is 25.3 Å². The van der Waals surface area contributed by atoms with Gasteiger partial charge in [-0.2, -0.15) is 10.5 Å². The van der Waals surface area contributed by atoms with Crippen LogP contribution in [-0.2, 0) is 0 Å². The van der Waals surface area contributed by atoms with Crippen molar-refractivity contribution in [2.45, 2.75) is 9.79 Å². The van der Waals surface area contributed by atoms with Gasteiger partial charge in [-0.25, -0.2) is 0 Å². The van der Waals surface area contributed by atoms with E-state index in [4.69, 9.17) is 0 Å². The molecule has 0 radical (unpaired) electrons. The first-order valence-electron chi connectivity index (χ1n) is 9.81. The number of nitriles is 2. The Kier molecular flexibility index (Phi) is 4.87. The number of hydrogen-bond acceptors (Lipinski definition) is 5. The minimum absolute atomic E-state index is 0.166. The Morgan fingerprint density at radius 2 is 1.09 bits per heavy atom. The van der Waals surface area contributed by atoms with E-state index in [9.17, 15) is 15.3 Å². The van der Waals surface area contributed by atoms with Gasteiger partial charge in [0.2, 0.25) is 0 Å². The van der Waals surface area contributed by atoms with Gasteiger partial charge < -0.3 is 0 Å². The van der Waals surface area contributed by atoms with Crippen LogP contribution in [0.5, 0.6) is 0 Å². The third-order valence-electron chi connectivity index (χ3n) is 5.73. The Labute approximate surface area is 195 Å². The topological polar surface area (TPSA) is 64.7 Å². The van der Waals surface area contributed by atoms with Crippen LogP contribution in [0.15, 0.2) is 87.4 Å². The molecule has 0 fully saturated rings. The predicted octanol–water partition coefficient (Wildman–Crippen LogP) is 5.62. The van der Waals surface area contributed by atoms with Crippen molar-refractivity contribution in [3.8, 4) is 34.4 Å². The second-order valence-corrected chi connectivity index (χ2v) is 8.50. The summed E-state index contributed by atoms with van der Waals surface area (Å²) in [5.74, 6) is 0. The summed E-state index contributed by atoms with van der Waals surface area (Å²) in [7, 11) is 0. The number of benzene rings is 4. The second-order valence-electron chi connectivity index (χ2n) is 7.47. The first-order valence-corrected chi connectivity index (χ1v) is 10.7. The molecular formula is C27H14N2OS2. The van der Waals surface area contributed by atoms with Gasteiger partial charge in [0.15, 0.2) is 5.43 Å². The average molecular weight is 447 g/mol. The molecule has 0 aliphatic carbocycles. The average Bonchev–Trinajstić information content (AvgIpc) is 3.10. The lowest BCUT2D eigenvalue weighted by molar-refractivity contribution is 1.47. The molecule has 0 aliphatic heterocycles. The molecule has 0 aromatic heterocycles. The number of nitrogens with zero attached hydrogens (tertiary/aromatic N) is 2. The molecule has 5 rings (SSSR count). The highest BCUT2D eigenvalue weighted by Crippen LogP contribution is 2.40. The maximum absolute atomic E-state index is 13.2. The van der Waals surface area contributed by atoms with Crippen LogP contribution in [0.1, 0.15) is 0 Å². The lowest BCUT2D eigenvalue weighted by Gasteiger charge is -2.14. The number of thiol groups is 2. The van der Waals surface area contributed by atoms with Crippen LogP contribution in [0, 0.1) is 22.7 Å². The van der Waals surface area contributed by atoms with E-state index in [2.05, 4.69) is 25.3 Å². The monoisotopic (exact) mass is 446 g/mol. The van der Waals surface area contributed by atoms with E-state index >= 15 is 0 Å². The summed E-state index contributed by atoms with van der Waals surface area (Å²) in [5, 5.41) is 21.9. The molecule has 0 atom stereocenters. The second kappa shape index (κ2) is 7.73. The van der Waals surface area contributed by atoms with Crippen LogP contribution >= 0.6 is 25.3 Å². The third-order valence-corrected chi connectivity index (χ3v) is 6.33. The van der Waals surface area contributed by atoms with Crippen molar-refractivity contribution in [3.05, 3.63) is 88.2 Å². The lowest BCUT2D eigenvalue weighted by Crippen LogP contribution is -2.21. The summed E-state index contributed by atoms with van der Waals surface area (Å²) in [6.45, 7) is 0. The van der Waals surface area contributed by atoms with Crippen LogP contribution in [0.3, 0.4) is 0 Å². The predicted molar refractivity (Wildman–Crippen MR) is 134 cm³/mol. The fourth-order valence-electron chi connectivity index (χ4n) is 4.30. The Morgan fingerprint density at radius 1 is 0.625 bits per heavy atom.